The highest BCUT2D eigenvalue weighted by Crippen LogP contribution is 2.37. The number of amides is 5. The zero-order valence-corrected chi connectivity index (χ0v) is 24.8. The van der Waals surface area contributed by atoms with Crippen LogP contribution in [0.15, 0.2) is 48.7 Å². The summed E-state index contributed by atoms with van der Waals surface area (Å²) in [6.45, 7) is -1.47. The van der Waals surface area contributed by atoms with E-state index in [2.05, 4.69) is 10.3 Å². The lowest BCUT2D eigenvalue weighted by molar-refractivity contribution is -0.157. The smallest absolute Gasteiger partial charge is 0.374 e. The number of aromatic nitrogens is 1. The van der Waals surface area contributed by atoms with Gasteiger partial charge in [-0.3, -0.25) is 24.3 Å². The van der Waals surface area contributed by atoms with Crippen LogP contribution in [0.3, 0.4) is 0 Å². The van der Waals surface area contributed by atoms with Crippen molar-refractivity contribution < 1.29 is 50.3 Å². The van der Waals surface area contributed by atoms with E-state index in [9.17, 15) is 45.5 Å². The van der Waals surface area contributed by atoms with Crippen molar-refractivity contribution in [2.45, 2.75) is 56.3 Å². The Bertz CT molecular complexity index is 1460. The molecule has 2 saturated heterocycles. The van der Waals surface area contributed by atoms with E-state index in [1.54, 1.807) is 12.1 Å². The molecule has 0 radical (unpaired) electrons. The molecule has 0 spiro atoms. The predicted octanol–water partition coefficient (Wildman–Crippen LogP) is 2.49. The number of nitrogens with one attached hydrogen (secondary N) is 1. The van der Waals surface area contributed by atoms with Crippen molar-refractivity contribution in [3.05, 3.63) is 65.5 Å². The van der Waals surface area contributed by atoms with Crippen molar-refractivity contribution in [2.24, 2.45) is 5.73 Å². The zero-order chi connectivity index (χ0) is 34.1. The van der Waals surface area contributed by atoms with Crippen LogP contribution < -0.4 is 11.1 Å². The number of hydrogen-bond acceptors (Lipinski definition) is 7. The fourth-order valence-electron chi connectivity index (χ4n) is 5.35. The lowest BCUT2D eigenvalue weighted by atomic mass is 9.88. The summed E-state index contributed by atoms with van der Waals surface area (Å²) >= 11 is 0. The third-order valence-corrected chi connectivity index (χ3v) is 7.57. The van der Waals surface area contributed by atoms with Gasteiger partial charge in [0.15, 0.2) is 0 Å². The monoisotopic (exact) mass is 658 g/mol. The van der Waals surface area contributed by atoms with Crippen LogP contribution >= 0.6 is 0 Å². The van der Waals surface area contributed by atoms with Gasteiger partial charge in [0, 0.05) is 31.4 Å². The molecule has 2 aromatic rings. The van der Waals surface area contributed by atoms with Crippen LogP contribution in [0.25, 0.3) is 0 Å². The van der Waals surface area contributed by atoms with Gasteiger partial charge in [0.05, 0.1) is 30.9 Å². The van der Waals surface area contributed by atoms with Crippen molar-refractivity contribution >= 4 is 23.8 Å². The Morgan fingerprint density at radius 3 is 2.33 bits per heavy atom. The average Bonchev–Trinajstić information content (AvgIpc) is 3.15. The van der Waals surface area contributed by atoms with Gasteiger partial charge in [-0.25, -0.2) is 4.79 Å². The number of nitrogens with two attached hydrogens (primary N) is 1. The Morgan fingerprint density at radius 1 is 1.04 bits per heavy atom. The zero-order valence-electron chi connectivity index (χ0n) is 24.8. The van der Waals surface area contributed by atoms with Crippen LogP contribution in [-0.4, -0.2) is 99.5 Å². The van der Waals surface area contributed by atoms with E-state index < -0.39 is 85.1 Å². The summed E-state index contributed by atoms with van der Waals surface area (Å²) in [6.07, 6.45) is -8.51. The molecule has 1 unspecified atom stereocenters. The normalized spacial score (nSPS) is 19.7. The molecular formula is C29H32F6N6O5. The molecule has 4 rings (SSSR count). The number of benzene rings is 1. The molecule has 2 atom stereocenters. The Morgan fingerprint density at radius 2 is 1.72 bits per heavy atom. The number of urea groups is 1. The molecule has 0 bridgehead atoms. The van der Waals surface area contributed by atoms with Gasteiger partial charge in [0.2, 0.25) is 11.8 Å². The quantitative estimate of drug-likeness (QED) is 0.296. The van der Waals surface area contributed by atoms with Crippen LogP contribution in [0.1, 0.15) is 30.7 Å². The van der Waals surface area contributed by atoms with Gasteiger partial charge in [-0.05, 0) is 37.6 Å². The fraction of sp³-hybridized carbons (Fsp3) is 0.483. The van der Waals surface area contributed by atoms with Gasteiger partial charge in [-0.1, -0.05) is 24.3 Å². The van der Waals surface area contributed by atoms with Crippen molar-refractivity contribution in [3.63, 3.8) is 0 Å². The molecule has 3 heterocycles. The fourth-order valence-corrected chi connectivity index (χ4v) is 5.35. The van der Waals surface area contributed by atoms with Gasteiger partial charge < -0.3 is 25.6 Å². The second-order valence-electron chi connectivity index (χ2n) is 11.6. The predicted molar refractivity (Wildman–Crippen MR) is 148 cm³/mol. The molecule has 1 aromatic carbocycles. The van der Waals surface area contributed by atoms with Crippen molar-refractivity contribution in [2.75, 3.05) is 32.8 Å². The maximum absolute atomic E-state index is 13.9. The van der Waals surface area contributed by atoms with E-state index in [1.807, 2.05) is 0 Å². The lowest BCUT2D eigenvalue weighted by Crippen LogP contribution is -2.67. The van der Waals surface area contributed by atoms with Gasteiger partial charge >= 0.3 is 18.4 Å². The number of rotatable bonds is 10. The summed E-state index contributed by atoms with van der Waals surface area (Å²) in [5.41, 5.74) is 1.50. The number of hydrogen-bond donors (Lipinski definition) is 2. The molecule has 2 fully saturated rings. The number of ether oxygens (including phenoxy) is 1. The third-order valence-electron chi connectivity index (χ3n) is 7.57. The lowest BCUT2D eigenvalue weighted by Gasteiger charge is -2.45. The maximum atomic E-state index is 13.9. The summed E-state index contributed by atoms with van der Waals surface area (Å²) in [6, 6.07) is 6.60. The van der Waals surface area contributed by atoms with Crippen LogP contribution in [0.4, 0.5) is 31.1 Å². The third kappa shape index (κ3) is 7.58. The summed E-state index contributed by atoms with van der Waals surface area (Å²) in [5.74, 6) is -2.84. The molecule has 17 heteroatoms. The van der Waals surface area contributed by atoms with E-state index in [1.165, 1.54) is 44.3 Å². The van der Waals surface area contributed by atoms with Crippen molar-refractivity contribution in [1.29, 1.82) is 0 Å². The molecule has 0 aliphatic carbocycles. The van der Waals surface area contributed by atoms with Gasteiger partial charge in [-0.15, -0.1) is 0 Å². The molecule has 46 heavy (non-hydrogen) atoms. The Kier molecular flexibility index (Phi) is 9.68. The summed E-state index contributed by atoms with van der Waals surface area (Å²) < 4.78 is 86.0. The van der Waals surface area contributed by atoms with Crippen LogP contribution in [0.2, 0.25) is 0 Å². The minimum Gasteiger partial charge on any atom is -0.374 e. The Balaban J connectivity index is 1.62. The topological polar surface area (TPSA) is 138 Å². The number of nitrogens with zero attached hydrogens (tertiary/aromatic N) is 4. The minimum absolute atomic E-state index is 0.0916. The number of pyridine rings is 1. The number of carbonyl (C=O) groups excluding carboxylic acids is 4. The van der Waals surface area contributed by atoms with E-state index >= 15 is 0 Å². The number of alkyl halides is 6. The second kappa shape index (κ2) is 12.9. The molecule has 1 aromatic heterocycles. The van der Waals surface area contributed by atoms with Crippen LogP contribution in [0.5, 0.6) is 0 Å². The first-order chi connectivity index (χ1) is 21.3. The number of fused-ring (bicyclic) bond motifs is 1. The van der Waals surface area contributed by atoms with E-state index in [-0.39, 0.29) is 35.7 Å². The molecule has 3 N–H and O–H groups in total. The van der Waals surface area contributed by atoms with Gasteiger partial charge in [0.25, 0.3) is 5.91 Å². The summed E-state index contributed by atoms with van der Waals surface area (Å²) in [5, 5.41) is 2.43. The Hall–Kier alpha value is -4.25. The maximum Gasteiger partial charge on any atom is 0.416 e. The molecule has 250 valence electrons. The standard InChI is InChI=1S/C29H32F6N6O5/c1-26(2,36)23(43)38-21(15-46-14-18-7-3-4-9-20(18)29(33,34)35)22(42)39-11-12-41-25(45)40(17-28(30,31)32)24(44)27(41,16-39)13-19-8-5-6-10-37-19/h3-10,21H,11-17,36H2,1-2H3,(H,38,43)/t21-,27?/m1/s1. The summed E-state index contributed by atoms with van der Waals surface area (Å²) in [7, 11) is 0. The largest absolute Gasteiger partial charge is 0.416 e. The first-order valence-corrected chi connectivity index (χ1v) is 14.1. The number of carbonyl (C=O) groups is 4. The molecule has 2 aliphatic heterocycles. The van der Waals surface area contributed by atoms with E-state index in [4.69, 9.17) is 10.5 Å². The number of piperazine rings is 1. The molecular weight excluding hydrogens is 626 g/mol. The minimum atomic E-state index is -4.89. The van der Waals surface area contributed by atoms with Crippen molar-refractivity contribution in [3.8, 4) is 0 Å². The first-order valence-electron chi connectivity index (χ1n) is 14.1. The average molecular weight is 659 g/mol. The number of imide groups is 1. The van der Waals surface area contributed by atoms with Gasteiger partial charge in [-0.2, -0.15) is 26.3 Å². The van der Waals surface area contributed by atoms with Crippen LogP contribution in [0, 0.1) is 0 Å². The SMILES string of the molecule is CC(C)(N)C(=O)N[C@H](COCc1ccccc1C(F)(F)F)C(=O)N1CCN2C(=O)N(CC(F)(F)F)C(=O)C2(Cc2ccccn2)C1. The molecule has 2 aliphatic rings. The van der Waals surface area contributed by atoms with E-state index in [0.29, 0.717) is 0 Å². The summed E-state index contributed by atoms with van der Waals surface area (Å²) in [4.78, 5) is 59.8. The van der Waals surface area contributed by atoms with Crippen LogP contribution in [-0.2, 0) is 38.3 Å². The highest BCUT2D eigenvalue weighted by Gasteiger charge is 2.61. The molecule has 11 nitrogen and oxygen atoms in total. The second-order valence-corrected chi connectivity index (χ2v) is 11.6. The van der Waals surface area contributed by atoms with E-state index in [0.717, 1.165) is 15.9 Å². The first kappa shape index (κ1) is 34.6. The highest BCUT2D eigenvalue weighted by atomic mass is 19.4. The highest BCUT2D eigenvalue weighted by molar-refractivity contribution is 6.08. The Labute approximate surface area is 259 Å². The van der Waals surface area contributed by atoms with Crippen molar-refractivity contribution in [1.82, 2.24) is 25.0 Å². The molecule has 0 saturated carbocycles. The number of halogens is 6. The van der Waals surface area contributed by atoms with Gasteiger partial charge in [0.1, 0.15) is 18.1 Å². The molecule has 5 amide bonds.